The van der Waals surface area contributed by atoms with Crippen LogP contribution in [0.3, 0.4) is 0 Å². The average molecular weight is 299 g/mol. The van der Waals surface area contributed by atoms with Crippen molar-refractivity contribution in [1.29, 1.82) is 0 Å². The monoisotopic (exact) mass is 299 g/mol. The third-order valence-corrected chi connectivity index (χ3v) is 3.48. The third-order valence-electron chi connectivity index (χ3n) is 3.48. The van der Waals surface area contributed by atoms with Crippen LogP contribution in [-0.4, -0.2) is 11.5 Å². The summed E-state index contributed by atoms with van der Waals surface area (Å²) in [5, 5.41) is 3.40. The summed E-state index contributed by atoms with van der Waals surface area (Å²) in [6, 6.07) is 10.1. The predicted molar refractivity (Wildman–Crippen MR) is 89.2 cm³/mol. The Morgan fingerprint density at radius 3 is 2.36 bits per heavy atom. The van der Waals surface area contributed by atoms with E-state index in [4.69, 9.17) is 5.73 Å². The molecule has 1 heterocycles. The first kappa shape index (κ1) is 16.0. The molecule has 0 aliphatic heterocycles. The summed E-state index contributed by atoms with van der Waals surface area (Å²) >= 11 is 0. The van der Waals surface area contributed by atoms with E-state index in [1.165, 1.54) is 18.6 Å². The largest absolute Gasteiger partial charge is 0.397 e. The molecule has 0 saturated heterocycles. The van der Waals surface area contributed by atoms with Gasteiger partial charge < -0.3 is 11.1 Å². The Morgan fingerprint density at radius 2 is 1.73 bits per heavy atom. The molecule has 0 amide bonds. The van der Waals surface area contributed by atoms with Gasteiger partial charge in [-0.05, 0) is 48.4 Å². The standard InChI is InChI=1S/C18H22FN3/c1-2-3-4-11-22-18(15-5-7-16(19)8-6-15)17(20)14-9-12-21-13-10-14/h5-10,12-13,22H,2-4,11,20H2,1H3/b18-17-. The Bertz CT molecular complexity index is 606. The molecule has 4 heteroatoms. The van der Waals surface area contributed by atoms with Gasteiger partial charge in [0.05, 0.1) is 11.4 Å². The van der Waals surface area contributed by atoms with Crippen LogP contribution in [-0.2, 0) is 0 Å². The van der Waals surface area contributed by atoms with Crippen molar-refractivity contribution >= 4 is 11.4 Å². The lowest BCUT2D eigenvalue weighted by Gasteiger charge is -2.15. The number of nitrogens with two attached hydrogens (primary N) is 1. The van der Waals surface area contributed by atoms with E-state index in [0.29, 0.717) is 5.70 Å². The first-order chi connectivity index (χ1) is 10.7. The number of nitrogens with zero attached hydrogens (tertiary/aromatic N) is 1. The zero-order valence-corrected chi connectivity index (χ0v) is 12.8. The highest BCUT2D eigenvalue weighted by atomic mass is 19.1. The summed E-state index contributed by atoms with van der Waals surface area (Å²) < 4.78 is 13.2. The summed E-state index contributed by atoms with van der Waals surface area (Å²) in [6.45, 7) is 3.01. The molecule has 0 saturated carbocycles. The number of aromatic nitrogens is 1. The fourth-order valence-electron chi connectivity index (χ4n) is 2.23. The molecular weight excluding hydrogens is 277 g/mol. The van der Waals surface area contributed by atoms with Gasteiger partial charge in [-0.1, -0.05) is 19.8 Å². The number of hydrogen-bond acceptors (Lipinski definition) is 3. The number of benzene rings is 1. The maximum absolute atomic E-state index is 13.2. The molecule has 0 unspecified atom stereocenters. The van der Waals surface area contributed by atoms with Crippen LogP contribution in [0.25, 0.3) is 11.4 Å². The Balaban J connectivity index is 2.30. The zero-order valence-electron chi connectivity index (χ0n) is 12.8. The normalized spacial score (nSPS) is 11.9. The Labute approximate surface area is 131 Å². The lowest BCUT2D eigenvalue weighted by Crippen LogP contribution is -2.18. The van der Waals surface area contributed by atoms with Gasteiger partial charge in [-0.2, -0.15) is 0 Å². The topological polar surface area (TPSA) is 50.9 Å². The van der Waals surface area contributed by atoms with Crippen LogP contribution >= 0.6 is 0 Å². The summed E-state index contributed by atoms with van der Waals surface area (Å²) in [5.74, 6) is -0.253. The maximum atomic E-state index is 13.2. The molecule has 0 spiro atoms. The SMILES string of the molecule is CCCCCN/C(=C(\N)c1ccncc1)c1ccc(F)cc1. The number of nitrogens with one attached hydrogen (secondary N) is 1. The summed E-state index contributed by atoms with van der Waals surface area (Å²) in [7, 11) is 0. The van der Waals surface area contributed by atoms with Crippen molar-refractivity contribution in [3.63, 3.8) is 0 Å². The van der Waals surface area contributed by atoms with Crippen LogP contribution in [0.15, 0.2) is 48.8 Å². The minimum Gasteiger partial charge on any atom is -0.397 e. The van der Waals surface area contributed by atoms with Gasteiger partial charge in [0.2, 0.25) is 0 Å². The lowest BCUT2D eigenvalue weighted by molar-refractivity contribution is 0.627. The Kier molecular flexibility index (Phi) is 5.95. The number of rotatable bonds is 7. The van der Waals surface area contributed by atoms with Gasteiger partial charge in [0, 0.05) is 24.5 Å². The van der Waals surface area contributed by atoms with E-state index < -0.39 is 0 Å². The van der Waals surface area contributed by atoms with Crippen molar-refractivity contribution in [2.45, 2.75) is 26.2 Å². The second kappa shape index (κ2) is 8.17. The van der Waals surface area contributed by atoms with Gasteiger partial charge in [0.15, 0.2) is 0 Å². The highest BCUT2D eigenvalue weighted by Gasteiger charge is 2.09. The van der Waals surface area contributed by atoms with Crippen molar-refractivity contribution < 1.29 is 4.39 Å². The highest BCUT2D eigenvalue weighted by molar-refractivity contribution is 5.88. The minimum absolute atomic E-state index is 0.253. The fourth-order valence-corrected chi connectivity index (χ4v) is 2.23. The smallest absolute Gasteiger partial charge is 0.123 e. The predicted octanol–water partition coefficient (Wildman–Crippen LogP) is 3.79. The summed E-state index contributed by atoms with van der Waals surface area (Å²) in [5.41, 5.74) is 9.58. The molecule has 1 aromatic heterocycles. The molecule has 116 valence electrons. The molecule has 0 bridgehead atoms. The molecule has 2 rings (SSSR count). The van der Waals surface area contributed by atoms with Gasteiger partial charge in [-0.3, -0.25) is 4.98 Å². The van der Waals surface area contributed by atoms with Gasteiger partial charge in [-0.15, -0.1) is 0 Å². The third kappa shape index (κ3) is 4.32. The van der Waals surface area contributed by atoms with Crippen LogP contribution in [0.2, 0.25) is 0 Å². The van der Waals surface area contributed by atoms with Crippen LogP contribution in [0, 0.1) is 5.82 Å². The second-order valence-electron chi connectivity index (χ2n) is 5.17. The maximum Gasteiger partial charge on any atom is 0.123 e. The molecule has 3 nitrogen and oxygen atoms in total. The lowest BCUT2D eigenvalue weighted by atomic mass is 10.1. The van der Waals surface area contributed by atoms with E-state index in [9.17, 15) is 4.39 Å². The Morgan fingerprint density at radius 1 is 1.05 bits per heavy atom. The van der Waals surface area contributed by atoms with Crippen molar-refractivity contribution in [2.24, 2.45) is 5.73 Å². The number of unbranched alkanes of at least 4 members (excludes halogenated alkanes) is 2. The summed E-state index contributed by atoms with van der Waals surface area (Å²) in [4.78, 5) is 4.01. The van der Waals surface area contributed by atoms with Crippen LogP contribution in [0.5, 0.6) is 0 Å². The van der Waals surface area contributed by atoms with Gasteiger partial charge in [0.25, 0.3) is 0 Å². The molecule has 0 aliphatic carbocycles. The molecule has 0 atom stereocenters. The fraction of sp³-hybridized carbons (Fsp3) is 0.278. The molecule has 1 aromatic carbocycles. The van der Waals surface area contributed by atoms with Crippen molar-refractivity contribution in [3.05, 3.63) is 65.7 Å². The van der Waals surface area contributed by atoms with Gasteiger partial charge >= 0.3 is 0 Å². The molecule has 0 fully saturated rings. The van der Waals surface area contributed by atoms with Crippen molar-refractivity contribution in [2.75, 3.05) is 6.54 Å². The molecule has 22 heavy (non-hydrogen) atoms. The molecule has 2 aromatic rings. The summed E-state index contributed by atoms with van der Waals surface area (Å²) in [6.07, 6.45) is 6.82. The average Bonchev–Trinajstić information content (AvgIpc) is 2.56. The highest BCUT2D eigenvalue weighted by Crippen LogP contribution is 2.20. The minimum atomic E-state index is -0.253. The van der Waals surface area contributed by atoms with Crippen LogP contribution in [0.4, 0.5) is 4.39 Å². The van der Waals surface area contributed by atoms with Crippen LogP contribution < -0.4 is 11.1 Å². The number of hydrogen-bond donors (Lipinski definition) is 2. The van der Waals surface area contributed by atoms with E-state index in [1.807, 2.05) is 12.1 Å². The zero-order chi connectivity index (χ0) is 15.8. The molecule has 0 aliphatic rings. The van der Waals surface area contributed by atoms with Gasteiger partial charge in [0.1, 0.15) is 5.82 Å². The first-order valence-corrected chi connectivity index (χ1v) is 7.62. The Hall–Kier alpha value is -2.36. The van der Waals surface area contributed by atoms with E-state index in [-0.39, 0.29) is 5.82 Å². The van der Waals surface area contributed by atoms with E-state index in [1.54, 1.807) is 24.5 Å². The van der Waals surface area contributed by atoms with E-state index in [0.717, 1.165) is 36.2 Å². The quantitative estimate of drug-likeness (QED) is 0.765. The van der Waals surface area contributed by atoms with Crippen molar-refractivity contribution in [3.8, 4) is 0 Å². The first-order valence-electron chi connectivity index (χ1n) is 7.62. The second-order valence-corrected chi connectivity index (χ2v) is 5.17. The van der Waals surface area contributed by atoms with Crippen LogP contribution in [0.1, 0.15) is 37.3 Å². The van der Waals surface area contributed by atoms with E-state index in [2.05, 4.69) is 17.2 Å². The van der Waals surface area contributed by atoms with Crippen molar-refractivity contribution in [1.82, 2.24) is 10.3 Å². The molecule has 0 radical (unpaired) electrons. The number of pyridine rings is 1. The molecular formula is C18H22FN3. The number of halogens is 1. The molecule has 3 N–H and O–H groups in total. The van der Waals surface area contributed by atoms with Gasteiger partial charge in [-0.25, -0.2) is 4.39 Å². The van der Waals surface area contributed by atoms with E-state index >= 15 is 0 Å².